The molecule has 1 aliphatic rings. The number of likely N-dealkylation sites (tertiary alicyclic amines) is 1. The van der Waals surface area contributed by atoms with Gasteiger partial charge in [0, 0.05) is 19.6 Å². The fourth-order valence-electron chi connectivity index (χ4n) is 2.94. The van der Waals surface area contributed by atoms with Crippen molar-refractivity contribution >= 4 is 16.9 Å². The predicted octanol–water partition coefficient (Wildman–Crippen LogP) is 1.57. The maximum atomic E-state index is 6.01. The zero-order valence-electron chi connectivity index (χ0n) is 12.4. The number of rotatable bonds is 2. The summed E-state index contributed by atoms with van der Waals surface area (Å²) in [5.41, 5.74) is 6.82. The summed E-state index contributed by atoms with van der Waals surface area (Å²) in [6, 6.07) is 0.582. The first-order valence-corrected chi connectivity index (χ1v) is 7.22. The topological polar surface area (TPSA) is 72.9 Å². The molecule has 6 heteroatoms. The van der Waals surface area contributed by atoms with Crippen LogP contribution in [0.1, 0.15) is 32.5 Å². The summed E-state index contributed by atoms with van der Waals surface area (Å²) in [6.07, 6.45) is 4.27. The molecule has 20 heavy (non-hydrogen) atoms. The van der Waals surface area contributed by atoms with E-state index in [0.29, 0.717) is 11.9 Å². The van der Waals surface area contributed by atoms with Gasteiger partial charge in [-0.05, 0) is 25.7 Å². The lowest BCUT2D eigenvalue weighted by Crippen LogP contribution is -2.40. The minimum Gasteiger partial charge on any atom is -0.383 e. The first kappa shape index (κ1) is 13.3. The van der Waals surface area contributed by atoms with E-state index in [1.807, 2.05) is 7.05 Å². The maximum Gasteiger partial charge on any atom is 0.163 e. The van der Waals surface area contributed by atoms with Crippen molar-refractivity contribution in [3.63, 3.8) is 0 Å². The van der Waals surface area contributed by atoms with Crippen molar-refractivity contribution in [1.82, 2.24) is 24.6 Å². The lowest BCUT2D eigenvalue weighted by atomic mass is 9.95. The van der Waals surface area contributed by atoms with E-state index in [9.17, 15) is 0 Å². The highest BCUT2D eigenvalue weighted by Crippen LogP contribution is 2.23. The van der Waals surface area contributed by atoms with Gasteiger partial charge >= 0.3 is 0 Å². The summed E-state index contributed by atoms with van der Waals surface area (Å²) in [7, 11) is 1.88. The molecule has 1 fully saturated rings. The molecule has 2 atom stereocenters. The van der Waals surface area contributed by atoms with Crippen LogP contribution in [0.25, 0.3) is 11.0 Å². The average molecular weight is 274 g/mol. The van der Waals surface area contributed by atoms with Crippen LogP contribution in [-0.2, 0) is 13.6 Å². The highest BCUT2D eigenvalue weighted by Gasteiger charge is 2.24. The Kier molecular flexibility index (Phi) is 3.33. The van der Waals surface area contributed by atoms with E-state index in [0.717, 1.165) is 35.9 Å². The summed E-state index contributed by atoms with van der Waals surface area (Å²) in [5.74, 6) is 2.05. The number of nitrogen functional groups attached to an aromatic ring is 1. The number of nitrogens with zero attached hydrogens (tertiary/aromatic N) is 5. The molecule has 2 N–H and O–H groups in total. The lowest BCUT2D eigenvalue weighted by molar-refractivity contribution is 0.114. The van der Waals surface area contributed by atoms with E-state index in [4.69, 9.17) is 5.73 Å². The Morgan fingerprint density at radius 2 is 2.10 bits per heavy atom. The first-order chi connectivity index (χ1) is 9.54. The van der Waals surface area contributed by atoms with Crippen molar-refractivity contribution in [3.8, 4) is 0 Å². The predicted molar refractivity (Wildman–Crippen MR) is 79.0 cm³/mol. The monoisotopic (exact) mass is 274 g/mol. The van der Waals surface area contributed by atoms with Crippen LogP contribution in [-0.4, -0.2) is 37.2 Å². The van der Waals surface area contributed by atoms with Crippen LogP contribution < -0.4 is 5.73 Å². The van der Waals surface area contributed by atoms with Gasteiger partial charge in [-0.15, -0.1) is 0 Å². The Labute approximate surface area is 119 Å². The van der Waals surface area contributed by atoms with Crippen molar-refractivity contribution in [2.24, 2.45) is 13.0 Å². The number of anilines is 1. The molecule has 108 valence electrons. The summed E-state index contributed by atoms with van der Waals surface area (Å²) >= 11 is 0. The van der Waals surface area contributed by atoms with E-state index >= 15 is 0 Å². The van der Waals surface area contributed by atoms with Crippen molar-refractivity contribution < 1.29 is 0 Å². The fourth-order valence-corrected chi connectivity index (χ4v) is 2.94. The van der Waals surface area contributed by atoms with E-state index in [2.05, 4.69) is 33.8 Å². The molecular weight excluding hydrogens is 252 g/mol. The second-order valence-electron chi connectivity index (χ2n) is 5.99. The number of nitrogens with two attached hydrogens (primary N) is 1. The van der Waals surface area contributed by atoms with Crippen LogP contribution in [0.5, 0.6) is 0 Å². The lowest BCUT2D eigenvalue weighted by Gasteiger charge is -2.36. The molecule has 0 aliphatic carbocycles. The van der Waals surface area contributed by atoms with Crippen LogP contribution >= 0.6 is 0 Å². The standard InChI is InChI=1S/C14H22N6/c1-9-4-5-10(2)20(7-9)8-12-17-13(15)11-6-16-19(3)14(11)18-12/h6,9-10H,4-5,7-8H2,1-3H3,(H2,15,17,18). The highest BCUT2D eigenvalue weighted by atomic mass is 15.3. The summed E-state index contributed by atoms with van der Waals surface area (Å²) in [5, 5.41) is 5.02. The van der Waals surface area contributed by atoms with Crippen LogP contribution in [0.4, 0.5) is 5.82 Å². The normalized spacial score (nSPS) is 24.4. The Bertz CT molecular complexity index is 619. The highest BCUT2D eigenvalue weighted by molar-refractivity contribution is 5.84. The summed E-state index contributed by atoms with van der Waals surface area (Å²) in [4.78, 5) is 11.5. The zero-order chi connectivity index (χ0) is 14.3. The molecule has 1 aliphatic heterocycles. The fraction of sp³-hybridized carbons (Fsp3) is 0.643. The third-order valence-corrected chi connectivity index (χ3v) is 4.26. The van der Waals surface area contributed by atoms with Crippen molar-refractivity contribution in [1.29, 1.82) is 0 Å². The molecule has 6 nitrogen and oxygen atoms in total. The Morgan fingerprint density at radius 3 is 2.90 bits per heavy atom. The van der Waals surface area contributed by atoms with Crippen molar-refractivity contribution in [2.75, 3.05) is 12.3 Å². The SMILES string of the molecule is CC1CCC(C)N(Cc2nc(N)c3cnn(C)c3n2)C1. The van der Waals surface area contributed by atoms with Gasteiger partial charge in [0.1, 0.15) is 11.6 Å². The number of fused-ring (bicyclic) bond motifs is 1. The number of hydrogen-bond donors (Lipinski definition) is 1. The number of hydrogen-bond acceptors (Lipinski definition) is 5. The molecule has 0 saturated carbocycles. The third-order valence-electron chi connectivity index (χ3n) is 4.26. The minimum atomic E-state index is 0.524. The van der Waals surface area contributed by atoms with Crippen LogP contribution in [0.3, 0.4) is 0 Å². The van der Waals surface area contributed by atoms with Gasteiger partial charge in [-0.25, -0.2) is 9.97 Å². The van der Waals surface area contributed by atoms with Crippen LogP contribution in [0.15, 0.2) is 6.20 Å². The van der Waals surface area contributed by atoms with Crippen LogP contribution in [0, 0.1) is 5.92 Å². The quantitative estimate of drug-likeness (QED) is 0.899. The molecule has 0 spiro atoms. The molecule has 2 aromatic heterocycles. The summed E-state index contributed by atoms with van der Waals surface area (Å²) in [6.45, 7) is 6.45. The van der Waals surface area contributed by atoms with Gasteiger partial charge in [-0.3, -0.25) is 9.58 Å². The van der Waals surface area contributed by atoms with Gasteiger partial charge in [0.05, 0.1) is 18.1 Å². The Balaban J connectivity index is 1.88. The minimum absolute atomic E-state index is 0.524. The van der Waals surface area contributed by atoms with Crippen molar-refractivity contribution in [2.45, 2.75) is 39.3 Å². The molecule has 0 bridgehead atoms. The molecule has 2 aromatic rings. The number of piperidine rings is 1. The van der Waals surface area contributed by atoms with E-state index in [1.54, 1.807) is 10.9 Å². The summed E-state index contributed by atoms with van der Waals surface area (Å²) < 4.78 is 1.75. The molecule has 0 amide bonds. The Morgan fingerprint density at radius 1 is 1.30 bits per heavy atom. The van der Waals surface area contributed by atoms with Gasteiger partial charge in [-0.2, -0.15) is 5.10 Å². The smallest absolute Gasteiger partial charge is 0.163 e. The van der Waals surface area contributed by atoms with Crippen molar-refractivity contribution in [3.05, 3.63) is 12.0 Å². The van der Waals surface area contributed by atoms with E-state index in [1.165, 1.54) is 12.8 Å². The second-order valence-corrected chi connectivity index (χ2v) is 5.99. The van der Waals surface area contributed by atoms with Gasteiger partial charge in [-0.1, -0.05) is 6.92 Å². The van der Waals surface area contributed by atoms with E-state index < -0.39 is 0 Å². The molecule has 2 unspecified atom stereocenters. The largest absolute Gasteiger partial charge is 0.383 e. The molecule has 3 heterocycles. The first-order valence-electron chi connectivity index (χ1n) is 7.22. The molecule has 0 aromatic carbocycles. The molecule has 0 radical (unpaired) electrons. The number of aryl methyl sites for hydroxylation is 1. The van der Waals surface area contributed by atoms with Gasteiger partial charge in [0.25, 0.3) is 0 Å². The van der Waals surface area contributed by atoms with Gasteiger partial charge in [0.15, 0.2) is 5.65 Å². The molecule has 1 saturated heterocycles. The molecule has 3 rings (SSSR count). The van der Waals surface area contributed by atoms with Gasteiger partial charge < -0.3 is 5.73 Å². The second kappa shape index (κ2) is 5.01. The maximum absolute atomic E-state index is 6.01. The Hall–Kier alpha value is -1.69. The molecular formula is C14H22N6. The zero-order valence-corrected chi connectivity index (χ0v) is 12.4. The van der Waals surface area contributed by atoms with Gasteiger partial charge in [0.2, 0.25) is 0 Å². The van der Waals surface area contributed by atoms with Crippen LogP contribution in [0.2, 0.25) is 0 Å². The third kappa shape index (κ3) is 2.35. The number of aromatic nitrogens is 4. The van der Waals surface area contributed by atoms with E-state index in [-0.39, 0.29) is 0 Å². The average Bonchev–Trinajstić information content (AvgIpc) is 2.77.